The van der Waals surface area contributed by atoms with Crippen molar-refractivity contribution in [2.45, 2.75) is 43.6 Å². The lowest BCUT2D eigenvalue weighted by Crippen LogP contribution is -2.66. The summed E-state index contributed by atoms with van der Waals surface area (Å²) in [5.74, 6) is -0.320. The SMILES string of the molecule is CNC1CCC(N2CC(OC)(OC)C2)CC1. The predicted molar refractivity (Wildman–Crippen MR) is 63.4 cm³/mol. The van der Waals surface area contributed by atoms with Gasteiger partial charge in [-0.15, -0.1) is 0 Å². The second-order valence-electron chi connectivity index (χ2n) is 5.02. The average Bonchev–Trinajstić information content (AvgIpc) is 2.30. The molecule has 4 heteroatoms. The molecule has 0 radical (unpaired) electrons. The van der Waals surface area contributed by atoms with Gasteiger partial charge in [0.1, 0.15) is 0 Å². The fraction of sp³-hybridized carbons (Fsp3) is 1.00. The van der Waals surface area contributed by atoms with E-state index in [4.69, 9.17) is 9.47 Å². The minimum Gasteiger partial charge on any atom is -0.351 e. The summed E-state index contributed by atoms with van der Waals surface area (Å²) in [7, 11) is 5.53. The standard InChI is InChI=1S/C12H24N2O2/c1-13-10-4-6-11(7-5-10)14-8-12(9-14,15-2)16-3/h10-11,13H,4-9H2,1-3H3. The highest BCUT2D eigenvalue weighted by Gasteiger charge is 2.46. The Hall–Kier alpha value is -0.160. The van der Waals surface area contributed by atoms with Gasteiger partial charge in [0.05, 0.1) is 13.1 Å². The first-order valence-corrected chi connectivity index (χ1v) is 6.24. The first kappa shape index (κ1) is 12.3. The molecule has 0 unspecified atom stereocenters. The lowest BCUT2D eigenvalue weighted by molar-refractivity contribution is -0.283. The van der Waals surface area contributed by atoms with E-state index in [9.17, 15) is 0 Å². The first-order chi connectivity index (χ1) is 7.73. The molecule has 0 spiro atoms. The molecule has 0 bridgehead atoms. The summed E-state index contributed by atoms with van der Waals surface area (Å²) >= 11 is 0. The largest absolute Gasteiger partial charge is 0.351 e. The number of hydrogen-bond donors (Lipinski definition) is 1. The Morgan fingerprint density at radius 1 is 1.06 bits per heavy atom. The maximum atomic E-state index is 5.41. The van der Waals surface area contributed by atoms with Crippen molar-refractivity contribution in [2.24, 2.45) is 0 Å². The van der Waals surface area contributed by atoms with E-state index in [1.807, 2.05) is 0 Å². The van der Waals surface area contributed by atoms with Crippen LogP contribution in [0.5, 0.6) is 0 Å². The van der Waals surface area contributed by atoms with Crippen molar-refractivity contribution >= 4 is 0 Å². The molecule has 2 rings (SSSR count). The first-order valence-electron chi connectivity index (χ1n) is 6.24. The van der Waals surface area contributed by atoms with Crippen LogP contribution in [0.4, 0.5) is 0 Å². The Balaban J connectivity index is 1.76. The smallest absolute Gasteiger partial charge is 0.193 e. The van der Waals surface area contributed by atoms with Crippen LogP contribution in [0.3, 0.4) is 0 Å². The molecular formula is C12H24N2O2. The maximum absolute atomic E-state index is 5.41. The van der Waals surface area contributed by atoms with Crippen molar-refractivity contribution in [3.8, 4) is 0 Å². The van der Waals surface area contributed by atoms with Crippen molar-refractivity contribution in [2.75, 3.05) is 34.4 Å². The van der Waals surface area contributed by atoms with Gasteiger partial charge in [0.2, 0.25) is 0 Å². The van der Waals surface area contributed by atoms with Gasteiger partial charge in [0, 0.05) is 26.3 Å². The molecule has 16 heavy (non-hydrogen) atoms. The number of rotatable bonds is 4. The number of methoxy groups -OCH3 is 2. The fourth-order valence-corrected chi connectivity index (χ4v) is 2.90. The van der Waals surface area contributed by atoms with E-state index in [0.29, 0.717) is 0 Å². The van der Waals surface area contributed by atoms with Crippen LogP contribution < -0.4 is 5.32 Å². The van der Waals surface area contributed by atoms with Gasteiger partial charge in [0.15, 0.2) is 5.79 Å². The fourth-order valence-electron chi connectivity index (χ4n) is 2.90. The van der Waals surface area contributed by atoms with E-state index < -0.39 is 0 Å². The lowest BCUT2D eigenvalue weighted by Gasteiger charge is -2.52. The molecule has 1 aliphatic heterocycles. The minimum atomic E-state index is -0.320. The Bertz CT molecular complexity index is 215. The third kappa shape index (κ3) is 2.25. The molecule has 94 valence electrons. The third-order valence-corrected chi connectivity index (χ3v) is 4.25. The quantitative estimate of drug-likeness (QED) is 0.722. The van der Waals surface area contributed by atoms with Gasteiger partial charge in [0.25, 0.3) is 0 Å². The topological polar surface area (TPSA) is 33.7 Å². The second kappa shape index (κ2) is 5.00. The highest BCUT2D eigenvalue weighted by molar-refractivity contribution is 4.95. The Labute approximate surface area is 98.3 Å². The average molecular weight is 228 g/mol. The molecule has 0 aromatic rings. The molecule has 0 aromatic heterocycles. The summed E-state index contributed by atoms with van der Waals surface area (Å²) < 4.78 is 10.8. The molecule has 4 nitrogen and oxygen atoms in total. The number of ether oxygens (including phenoxy) is 2. The van der Waals surface area contributed by atoms with Crippen molar-refractivity contribution in [1.29, 1.82) is 0 Å². The molecular weight excluding hydrogens is 204 g/mol. The summed E-state index contributed by atoms with van der Waals surface area (Å²) in [5.41, 5.74) is 0. The molecule has 1 saturated carbocycles. The van der Waals surface area contributed by atoms with E-state index in [-0.39, 0.29) is 5.79 Å². The molecule has 1 heterocycles. The lowest BCUT2D eigenvalue weighted by atomic mass is 9.88. The molecule has 1 saturated heterocycles. The molecule has 2 aliphatic rings. The zero-order valence-corrected chi connectivity index (χ0v) is 10.7. The summed E-state index contributed by atoms with van der Waals surface area (Å²) in [6, 6.07) is 1.47. The summed E-state index contributed by atoms with van der Waals surface area (Å²) in [4.78, 5) is 2.50. The van der Waals surface area contributed by atoms with Gasteiger partial charge < -0.3 is 14.8 Å². The zero-order chi connectivity index (χ0) is 11.6. The summed E-state index contributed by atoms with van der Waals surface area (Å²) in [5, 5.41) is 3.37. The number of nitrogens with one attached hydrogen (secondary N) is 1. The van der Waals surface area contributed by atoms with Crippen LogP contribution in [-0.2, 0) is 9.47 Å². The number of likely N-dealkylation sites (tertiary alicyclic amines) is 1. The Morgan fingerprint density at radius 3 is 2.06 bits per heavy atom. The van der Waals surface area contributed by atoms with Crippen molar-refractivity contribution in [1.82, 2.24) is 10.2 Å². The third-order valence-electron chi connectivity index (χ3n) is 4.25. The zero-order valence-electron chi connectivity index (χ0n) is 10.7. The van der Waals surface area contributed by atoms with Gasteiger partial charge in [-0.1, -0.05) is 0 Å². The van der Waals surface area contributed by atoms with Crippen LogP contribution in [0, 0.1) is 0 Å². The highest BCUT2D eigenvalue weighted by atomic mass is 16.7. The van der Waals surface area contributed by atoms with Gasteiger partial charge in [-0.3, -0.25) is 4.90 Å². The maximum Gasteiger partial charge on any atom is 0.193 e. The highest BCUT2D eigenvalue weighted by Crippen LogP contribution is 2.32. The van der Waals surface area contributed by atoms with E-state index in [0.717, 1.165) is 25.2 Å². The van der Waals surface area contributed by atoms with Crippen LogP contribution in [0.2, 0.25) is 0 Å². The van der Waals surface area contributed by atoms with E-state index in [1.165, 1.54) is 25.7 Å². The van der Waals surface area contributed by atoms with Crippen molar-refractivity contribution < 1.29 is 9.47 Å². The van der Waals surface area contributed by atoms with Crippen LogP contribution in [-0.4, -0.2) is 57.1 Å². The monoisotopic (exact) mass is 228 g/mol. The summed E-state index contributed by atoms with van der Waals surface area (Å²) in [6.45, 7) is 1.85. The van der Waals surface area contributed by atoms with Crippen LogP contribution in [0.25, 0.3) is 0 Å². The molecule has 2 fully saturated rings. The number of nitrogens with zero attached hydrogens (tertiary/aromatic N) is 1. The molecule has 0 aromatic carbocycles. The van der Waals surface area contributed by atoms with E-state index in [1.54, 1.807) is 14.2 Å². The Morgan fingerprint density at radius 2 is 1.62 bits per heavy atom. The molecule has 1 N–H and O–H groups in total. The van der Waals surface area contributed by atoms with Crippen LogP contribution in [0.15, 0.2) is 0 Å². The van der Waals surface area contributed by atoms with Gasteiger partial charge in [-0.05, 0) is 32.7 Å². The van der Waals surface area contributed by atoms with Crippen molar-refractivity contribution in [3.05, 3.63) is 0 Å². The van der Waals surface area contributed by atoms with Crippen LogP contribution in [0.1, 0.15) is 25.7 Å². The van der Waals surface area contributed by atoms with Gasteiger partial charge in [-0.2, -0.15) is 0 Å². The second-order valence-corrected chi connectivity index (χ2v) is 5.02. The van der Waals surface area contributed by atoms with Gasteiger partial charge in [-0.25, -0.2) is 0 Å². The van der Waals surface area contributed by atoms with E-state index in [2.05, 4.69) is 17.3 Å². The normalized spacial score (nSPS) is 34.7. The van der Waals surface area contributed by atoms with E-state index >= 15 is 0 Å². The minimum absolute atomic E-state index is 0.320. The predicted octanol–water partition coefficient (Wildman–Crippen LogP) is 0.822. The van der Waals surface area contributed by atoms with Gasteiger partial charge >= 0.3 is 0 Å². The molecule has 1 aliphatic carbocycles. The number of hydrogen-bond acceptors (Lipinski definition) is 4. The Kier molecular flexibility index (Phi) is 3.85. The van der Waals surface area contributed by atoms with Crippen molar-refractivity contribution in [3.63, 3.8) is 0 Å². The summed E-state index contributed by atoms with van der Waals surface area (Å²) in [6.07, 6.45) is 5.19. The molecule has 0 amide bonds. The van der Waals surface area contributed by atoms with Crippen LogP contribution >= 0.6 is 0 Å². The molecule has 0 atom stereocenters.